The minimum atomic E-state index is 0.146. The van der Waals surface area contributed by atoms with Gasteiger partial charge >= 0.3 is 0 Å². The molecular formula is C15H22O3. The second-order valence-corrected chi connectivity index (χ2v) is 4.81. The average molecular weight is 250 g/mol. The van der Waals surface area contributed by atoms with E-state index >= 15 is 0 Å². The third kappa shape index (κ3) is 4.40. The van der Waals surface area contributed by atoms with Gasteiger partial charge in [-0.15, -0.1) is 0 Å². The van der Waals surface area contributed by atoms with Crippen LogP contribution in [-0.4, -0.2) is 20.0 Å². The third-order valence-electron chi connectivity index (χ3n) is 2.86. The smallest absolute Gasteiger partial charge is 0.163 e. The molecule has 18 heavy (non-hydrogen) atoms. The first-order valence-corrected chi connectivity index (χ1v) is 6.33. The normalized spacial score (nSPS) is 10.5. The van der Waals surface area contributed by atoms with Crippen molar-refractivity contribution in [3.8, 4) is 11.5 Å². The molecule has 3 heteroatoms. The van der Waals surface area contributed by atoms with Gasteiger partial charge in [-0.1, -0.05) is 20.3 Å². The summed E-state index contributed by atoms with van der Waals surface area (Å²) >= 11 is 0. The number of ether oxygens (including phenoxy) is 2. The zero-order chi connectivity index (χ0) is 13.5. The minimum absolute atomic E-state index is 0.146. The molecule has 0 bridgehead atoms. The number of hydrogen-bond donors (Lipinski definition) is 0. The van der Waals surface area contributed by atoms with Gasteiger partial charge in [-0.3, -0.25) is 4.79 Å². The van der Waals surface area contributed by atoms with Gasteiger partial charge < -0.3 is 9.47 Å². The van der Waals surface area contributed by atoms with Crippen molar-refractivity contribution in [2.75, 3.05) is 14.2 Å². The third-order valence-corrected chi connectivity index (χ3v) is 2.86. The molecule has 0 aromatic heterocycles. The lowest BCUT2D eigenvalue weighted by atomic mass is 10.0. The summed E-state index contributed by atoms with van der Waals surface area (Å²) < 4.78 is 10.3. The summed E-state index contributed by atoms with van der Waals surface area (Å²) in [7, 11) is 3.17. The minimum Gasteiger partial charge on any atom is -0.497 e. The van der Waals surface area contributed by atoms with Crippen LogP contribution in [0, 0.1) is 5.92 Å². The number of carbonyl (C=O) groups excluding carboxylic acids is 1. The highest BCUT2D eigenvalue weighted by molar-refractivity contribution is 5.96. The van der Waals surface area contributed by atoms with Crippen LogP contribution in [0.25, 0.3) is 0 Å². The molecule has 100 valence electrons. The number of methoxy groups -OCH3 is 2. The van der Waals surface area contributed by atoms with Crippen molar-refractivity contribution in [3.63, 3.8) is 0 Å². The summed E-state index contributed by atoms with van der Waals surface area (Å²) in [5.74, 6) is 2.09. The van der Waals surface area contributed by atoms with E-state index in [1.54, 1.807) is 32.4 Å². The molecule has 0 aliphatic carbocycles. The SMILES string of the molecule is COc1cc(OC)cc(C(=O)CCCC(C)C)c1. The molecule has 0 unspecified atom stereocenters. The maximum atomic E-state index is 12.1. The van der Waals surface area contributed by atoms with Crippen molar-refractivity contribution in [1.82, 2.24) is 0 Å². The first-order chi connectivity index (χ1) is 8.56. The molecule has 0 aliphatic heterocycles. The van der Waals surface area contributed by atoms with Crippen LogP contribution in [-0.2, 0) is 0 Å². The highest BCUT2D eigenvalue weighted by atomic mass is 16.5. The lowest BCUT2D eigenvalue weighted by Crippen LogP contribution is -2.01. The molecular weight excluding hydrogens is 228 g/mol. The topological polar surface area (TPSA) is 35.5 Å². The summed E-state index contributed by atoms with van der Waals surface area (Å²) in [6.07, 6.45) is 2.58. The van der Waals surface area contributed by atoms with E-state index in [9.17, 15) is 4.79 Å². The van der Waals surface area contributed by atoms with Crippen LogP contribution in [0.2, 0.25) is 0 Å². The summed E-state index contributed by atoms with van der Waals surface area (Å²) in [4.78, 5) is 12.1. The van der Waals surface area contributed by atoms with Gasteiger partial charge in [0, 0.05) is 18.1 Å². The van der Waals surface area contributed by atoms with E-state index in [2.05, 4.69) is 13.8 Å². The van der Waals surface area contributed by atoms with Crippen LogP contribution in [0.15, 0.2) is 18.2 Å². The maximum Gasteiger partial charge on any atom is 0.163 e. The average Bonchev–Trinajstić information content (AvgIpc) is 2.37. The molecule has 0 fully saturated rings. The summed E-state index contributed by atoms with van der Waals surface area (Å²) in [5.41, 5.74) is 0.662. The monoisotopic (exact) mass is 250 g/mol. The summed E-state index contributed by atoms with van der Waals surface area (Å²) in [5, 5.41) is 0. The first kappa shape index (κ1) is 14.6. The van der Waals surface area contributed by atoms with E-state index < -0.39 is 0 Å². The molecule has 1 aromatic carbocycles. The van der Waals surface area contributed by atoms with E-state index in [0.717, 1.165) is 12.8 Å². The van der Waals surface area contributed by atoms with E-state index in [1.165, 1.54) is 0 Å². The van der Waals surface area contributed by atoms with Crippen molar-refractivity contribution in [2.24, 2.45) is 5.92 Å². The van der Waals surface area contributed by atoms with Crippen molar-refractivity contribution in [1.29, 1.82) is 0 Å². The Morgan fingerprint density at radius 1 is 1.11 bits per heavy atom. The Bertz CT molecular complexity index is 374. The number of carbonyl (C=O) groups is 1. The van der Waals surface area contributed by atoms with Gasteiger partial charge in [0.2, 0.25) is 0 Å². The van der Waals surface area contributed by atoms with Crippen molar-refractivity contribution < 1.29 is 14.3 Å². The van der Waals surface area contributed by atoms with Crippen molar-refractivity contribution in [3.05, 3.63) is 23.8 Å². The van der Waals surface area contributed by atoms with Gasteiger partial charge in [-0.05, 0) is 24.5 Å². The second kappa shape index (κ2) is 7.04. The molecule has 0 aliphatic rings. The van der Waals surface area contributed by atoms with Gasteiger partial charge in [0.1, 0.15) is 11.5 Å². The Morgan fingerprint density at radius 2 is 1.67 bits per heavy atom. The number of Topliss-reactive ketones (excluding diaryl/α,β-unsaturated/α-hetero) is 1. The predicted octanol–water partition coefficient (Wildman–Crippen LogP) is 3.71. The van der Waals surface area contributed by atoms with Gasteiger partial charge in [0.05, 0.1) is 14.2 Å². The van der Waals surface area contributed by atoms with E-state index in [1.807, 2.05) is 0 Å². The molecule has 0 saturated carbocycles. The van der Waals surface area contributed by atoms with Gasteiger partial charge in [0.25, 0.3) is 0 Å². The molecule has 0 heterocycles. The molecule has 0 amide bonds. The molecule has 3 nitrogen and oxygen atoms in total. The first-order valence-electron chi connectivity index (χ1n) is 6.33. The molecule has 0 N–H and O–H groups in total. The Morgan fingerprint density at radius 3 is 2.11 bits per heavy atom. The van der Waals surface area contributed by atoms with Gasteiger partial charge in [-0.25, -0.2) is 0 Å². The van der Waals surface area contributed by atoms with Crippen LogP contribution < -0.4 is 9.47 Å². The number of rotatable bonds is 7. The van der Waals surface area contributed by atoms with Gasteiger partial charge in [-0.2, -0.15) is 0 Å². The highest BCUT2D eigenvalue weighted by Gasteiger charge is 2.10. The number of benzene rings is 1. The molecule has 0 saturated heterocycles. The van der Waals surface area contributed by atoms with Crippen molar-refractivity contribution >= 4 is 5.78 Å². The standard InChI is InChI=1S/C15H22O3/c1-11(2)6-5-7-15(16)12-8-13(17-3)10-14(9-12)18-4/h8-11H,5-7H2,1-4H3. The fourth-order valence-corrected chi connectivity index (χ4v) is 1.78. The molecule has 1 rings (SSSR count). The van der Waals surface area contributed by atoms with Crippen LogP contribution in [0.4, 0.5) is 0 Å². The zero-order valence-corrected chi connectivity index (χ0v) is 11.7. The van der Waals surface area contributed by atoms with E-state index in [0.29, 0.717) is 29.4 Å². The van der Waals surface area contributed by atoms with Crippen LogP contribution in [0.1, 0.15) is 43.5 Å². The molecule has 1 aromatic rings. The summed E-state index contributed by atoms with van der Waals surface area (Å²) in [6.45, 7) is 4.33. The predicted molar refractivity (Wildman–Crippen MR) is 72.6 cm³/mol. The summed E-state index contributed by atoms with van der Waals surface area (Å²) in [6, 6.07) is 5.30. The van der Waals surface area contributed by atoms with E-state index in [-0.39, 0.29) is 5.78 Å². The maximum absolute atomic E-state index is 12.1. The lowest BCUT2D eigenvalue weighted by molar-refractivity contribution is 0.0977. The lowest BCUT2D eigenvalue weighted by Gasteiger charge is -2.08. The van der Waals surface area contributed by atoms with Gasteiger partial charge in [0.15, 0.2) is 5.78 Å². The second-order valence-electron chi connectivity index (χ2n) is 4.81. The highest BCUT2D eigenvalue weighted by Crippen LogP contribution is 2.24. The van der Waals surface area contributed by atoms with Crippen LogP contribution >= 0.6 is 0 Å². The Hall–Kier alpha value is -1.51. The van der Waals surface area contributed by atoms with Crippen LogP contribution in [0.5, 0.6) is 11.5 Å². The number of hydrogen-bond acceptors (Lipinski definition) is 3. The quantitative estimate of drug-likeness (QED) is 0.692. The molecule has 0 radical (unpaired) electrons. The Kier molecular flexibility index (Phi) is 5.69. The van der Waals surface area contributed by atoms with Crippen LogP contribution in [0.3, 0.4) is 0 Å². The van der Waals surface area contributed by atoms with E-state index in [4.69, 9.17) is 9.47 Å². The molecule has 0 spiro atoms. The molecule has 0 atom stereocenters. The number of ketones is 1. The largest absolute Gasteiger partial charge is 0.497 e. The zero-order valence-electron chi connectivity index (χ0n) is 11.7. The fraction of sp³-hybridized carbons (Fsp3) is 0.533. The Labute approximate surface area is 109 Å². The Balaban J connectivity index is 2.72. The van der Waals surface area contributed by atoms with Crippen molar-refractivity contribution in [2.45, 2.75) is 33.1 Å². The fourth-order valence-electron chi connectivity index (χ4n) is 1.78.